The van der Waals surface area contributed by atoms with Crippen LogP contribution in [0.1, 0.15) is 117 Å². The summed E-state index contributed by atoms with van der Waals surface area (Å²) in [6.07, 6.45) is 17.2. The molecule has 1 amide bonds. The van der Waals surface area contributed by atoms with Gasteiger partial charge in [-0.1, -0.05) is 90.9 Å². The lowest BCUT2D eigenvalue weighted by atomic mass is 10.0. The number of carbonyl (C=O) groups excluding carboxylic acids is 1. The van der Waals surface area contributed by atoms with E-state index in [1.165, 1.54) is 70.6 Å². The van der Waals surface area contributed by atoms with Crippen molar-refractivity contribution in [2.24, 2.45) is 5.92 Å². The smallest absolute Gasteiger partial charge is 0.305 e. The van der Waals surface area contributed by atoms with E-state index in [2.05, 4.69) is 19.2 Å². The molecule has 0 rings (SSSR count). The van der Waals surface area contributed by atoms with Gasteiger partial charge in [-0.05, 0) is 12.3 Å². The number of amides is 1. The van der Waals surface area contributed by atoms with Crippen molar-refractivity contribution in [3.8, 4) is 0 Å². The first-order chi connectivity index (χ1) is 17.3. The molecule has 212 valence electrons. The third-order valence-corrected chi connectivity index (χ3v) is 6.34. The van der Waals surface area contributed by atoms with Crippen molar-refractivity contribution >= 4 is 17.8 Å². The van der Waals surface area contributed by atoms with Crippen LogP contribution in [0.2, 0.25) is 0 Å². The molecule has 0 aliphatic rings. The summed E-state index contributed by atoms with van der Waals surface area (Å²) in [6.45, 7) is 6.94. The molecule has 8 nitrogen and oxygen atoms in total. The van der Waals surface area contributed by atoms with Crippen molar-refractivity contribution in [1.82, 2.24) is 10.2 Å². The van der Waals surface area contributed by atoms with E-state index in [1.807, 2.05) is 4.90 Å². The summed E-state index contributed by atoms with van der Waals surface area (Å²) in [4.78, 5) is 35.4. The summed E-state index contributed by atoms with van der Waals surface area (Å²) in [6, 6.07) is 0. The van der Waals surface area contributed by atoms with Crippen LogP contribution in [-0.2, 0) is 19.1 Å². The number of carbonyl (C=O) groups is 3. The summed E-state index contributed by atoms with van der Waals surface area (Å²) in [7, 11) is 0. The molecule has 0 fully saturated rings. The van der Waals surface area contributed by atoms with Crippen molar-refractivity contribution in [3.05, 3.63) is 0 Å². The Bertz CT molecular complexity index is 556. The number of hydrogen-bond donors (Lipinski definition) is 3. The van der Waals surface area contributed by atoms with Crippen molar-refractivity contribution in [1.29, 1.82) is 0 Å². The van der Waals surface area contributed by atoms with Crippen molar-refractivity contribution in [3.63, 3.8) is 0 Å². The Kier molecular flexibility index (Phi) is 23.8. The predicted molar refractivity (Wildman–Crippen MR) is 144 cm³/mol. The van der Waals surface area contributed by atoms with Crippen molar-refractivity contribution in [2.75, 3.05) is 39.4 Å². The molecule has 0 bridgehead atoms. The molecule has 0 heterocycles. The van der Waals surface area contributed by atoms with Crippen LogP contribution >= 0.6 is 0 Å². The van der Waals surface area contributed by atoms with Crippen molar-refractivity contribution < 1.29 is 29.3 Å². The first-order valence-corrected chi connectivity index (χ1v) is 14.3. The largest absolute Gasteiger partial charge is 0.481 e. The van der Waals surface area contributed by atoms with Gasteiger partial charge in [0.25, 0.3) is 0 Å². The molecule has 0 spiro atoms. The number of ether oxygens (including phenoxy) is 1. The van der Waals surface area contributed by atoms with Gasteiger partial charge in [-0.25, -0.2) is 0 Å². The standard InChI is InChI=1S/C28H54N2O6/c1-25(2)15-13-11-9-7-5-3-4-6-8-10-12-14-16-26(31)29-19-21-30(20-17-27(32)33)22-24-36-23-18-28(34)35/h25H,3-24H2,1-2H3,(H,29,31)(H,32,33)(H,34,35). The highest BCUT2D eigenvalue weighted by molar-refractivity contribution is 5.75. The van der Waals surface area contributed by atoms with E-state index < -0.39 is 11.9 Å². The van der Waals surface area contributed by atoms with Gasteiger partial charge < -0.3 is 20.3 Å². The minimum atomic E-state index is -0.908. The second-order valence-electron chi connectivity index (χ2n) is 10.3. The molecule has 0 aromatic rings. The molecule has 0 aliphatic carbocycles. The number of carboxylic acid groups (broad SMARTS) is 2. The zero-order valence-electron chi connectivity index (χ0n) is 23.1. The molecule has 0 aliphatic heterocycles. The second kappa shape index (κ2) is 25.0. The third-order valence-electron chi connectivity index (χ3n) is 6.34. The lowest BCUT2D eigenvalue weighted by Gasteiger charge is -2.21. The Morgan fingerprint density at radius 1 is 0.667 bits per heavy atom. The van der Waals surface area contributed by atoms with E-state index in [-0.39, 0.29) is 25.4 Å². The predicted octanol–water partition coefficient (Wildman–Crippen LogP) is 5.49. The molecular formula is C28H54N2O6. The number of hydrogen-bond acceptors (Lipinski definition) is 5. The summed E-state index contributed by atoms with van der Waals surface area (Å²) < 4.78 is 5.29. The van der Waals surface area contributed by atoms with Crippen LogP contribution in [0.4, 0.5) is 0 Å². The normalized spacial score (nSPS) is 11.3. The summed E-state index contributed by atoms with van der Waals surface area (Å²) in [5.74, 6) is -0.903. The molecule has 0 unspecified atom stereocenters. The average Bonchev–Trinajstić information content (AvgIpc) is 2.81. The fraction of sp³-hybridized carbons (Fsp3) is 0.893. The lowest BCUT2D eigenvalue weighted by Crippen LogP contribution is -2.37. The summed E-state index contributed by atoms with van der Waals surface area (Å²) in [5.41, 5.74) is 0. The van der Waals surface area contributed by atoms with Gasteiger partial charge in [0.2, 0.25) is 5.91 Å². The van der Waals surface area contributed by atoms with E-state index in [1.54, 1.807) is 0 Å². The maximum absolute atomic E-state index is 12.1. The van der Waals surface area contributed by atoms with E-state index in [9.17, 15) is 14.4 Å². The fourth-order valence-electron chi connectivity index (χ4n) is 4.09. The maximum Gasteiger partial charge on any atom is 0.305 e. The second-order valence-corrected chi connectivity index (χ2v) is 10.3. The first-order valence-electron chi connectivity index (χ1n) is 14.3. The Morgan fingerprint density at radius 3 is 1.72 bits per heavy atom. The molecule has 0 saturated heterocycles. The topological polar surface area (TPSA) is 116 Å². The molecule has 0 radical (unpaired) electrons. The van der Waals surface area contributed by atoms with Crippen molar-refractivity contribution in [2.45, 2.75) is 117 Å². The van der Waals surface area contributed by atoms with Gasteiger partial charge in [0.1, 0.15) is 0 Å². The molecular weight excluding hydrogens is 460 g/mol. The van der Waals surface area contributed by atoms with Crippen LogP contribution in [0.25, 0.3) is 0 Å². The van der Waals surface area contributed by atoms with Crippen LogP contribution in [0.3, 0.4) is 0 Å². The number of aliphatic carboxylic acids is 2. The zero-order valence-corrected chi connectivity index (χ0v) is 23.1. The number of nitrogens with one attached hydrogen (secondary N) is 1. The van der Waals surface area contributed by atoms with Gasteiger partial charge in [0.05, 0.1) is 26.1 Å². The molecule has 0 aromatic heterocycles. The van der Waals surface area contributed by atoms with E-state index in [4.69, 9.17) is 14.9 Å². The van der Waals surface area contributed by atoms with Gasteiger partial charge in [-0.15, -0.1) is 0 Å². The Hall–Kier alpha value is -1.67. The SMILES string of the molecule is CC(C)CCCCCCCCCCCCCCC(=O)NCCN(CCOCCC(=O)O)CCC(=O)O. The van der Waals surface area contributed by atoms with E-state index in [0.29, 0.717) is 39.2 Å². The van der Waals surface area contributed by atoms with Crippen LogP contribution < -0.4 is 5.32 Å². The van der Waals surface area contributed by atoms with Crippen LogP contribution in [0, 0.1) is 5.92 Å². The van der Waals surface area contributed by atoms with Gasteiger partial charge in [-0.2, -0.15) is 0 Å². The average molecular weight is 515 g/mol. The molecule has 0 saturated carbocycles. The van der Waals surface area contributed by atoms with Crippen LogP contribution in [-0.4, -0.2) is 72.4 Å². The number of unbranched alkanes of at least 4 members (excludes halogenated alkanes) is 11. The number of nitrogens with zero attached hydrogens (tertiary/aromatic N) is 1. The summed E-state index contributed by atoms with van der Waals surface area (Å²) >= 11 is 0. The number of rotatable bonds is 27. The highest BCUT2D eigenvalue weighted by Gasteiger charge is 2.09. The summed E-state index contributed by atoms with van der Waals surface area (Å²) in [5, 5.41) is 20.5. The van der Waals surface area contributed by atoms with Gasteiger partial charge in [0, 0.05) is 32.6 Å². The molecule has 0 atom stereocenters. The fourth-order valence-corrected chi connectivity index (χ4v) is 4.09. The van der Waals surface area contributed by atoms with Gasteiger partial charge in [-0.3, -0.25) is 19.3 Å². The van der Waals surface area contributed by atoms with E-state index >= 15 is 0 Å². The monoisotopic (exact) mass is 514 g/mol. The Morgan fingerprint density at radius 2 is 1.19 bits per heavy atom. The lowest BCUT2D eigenvalue weighted by molar-refractivity contribution is -0.139. The highest BCUT2D eigenvalue weighted by Crippen LogP contribution is 2.14. The zero-order chi connectivity index (χ0) is 26.9. The van der Waals surface area contributed by atoms with Crippen LogP contribution in [0.5, 0.6) is 0 Å². The highest BCUT2D eigenvalue weighted by atomic mass is 16.5. The quantitative estimate of drug-likeness (QED) is 0.124. The third kappa shape index (κ3) is 26.9. The Labute approximate surface area is 219 Å². The maximum atomic E-state index is 12.1. The van der Waals surface area contributed by atoms with Crippen LogP contribution in [0.15, 0.2) is 0 Å². The molecule has 0 aromatic carbocycles. The van der Waals surface area contributed by atoms with Gasteiger partial charge >= 0.3 is 11.9 Å². The molecule has 36 heavy (non-hydrogen) atoms. The van der Waals surface area contributed by atoms with Gasteiger partial charge in [0.15, 0.2) is 0 Å². The minimum absolute atomic E-state index is 0.0154. The first kappa shape index (κ1) is 34.3. The van der Waals surface area contributed by atoms with E-state index in [0.717, 1.165) is 18.8 Å². The molecule has 3 N–H and O–H groups in total. The minimum Gasteiger partial charge on any atom is -0.481 e. The Balaban J connectivity index is 3.64. The number of carboxylic acids is 2. The molecule has 8 heteroatoms.